The standard InChI is InChI=1S/C14H18ClNO3/c1-4-19-12(17)10-6-5-7-11(8-10)16-13(18)14(2,3)9-15/h5-8H,4,9H2,1-3H3,(H,16,18). The summed E-state index contributed by atoms with van der Waals surface area (Å²) in [6, 6.07) is 6.63. The third-order valence-electron chi connectivity index (χ3n) is 2.58. The molecular weight excluding hydrogens is 266 g/mol. The number of anilines is 1. The quantitative estimate of drug-likeness (QED) is 0.667. The summed E-state index contributed by atoms with van der Waals surface area (Å²) in [4.78, 5) is 23.5. The molecule has 0 aliphatic carbocycles. The molecule has 104 valence electrons. The first kappa shape index (κ1) is 15.5. The minimum atomic E-state index is -0.665. The van der Waals surface area contributed by atoms with Crippen molar-refractivity contribution in [3.63, 3.8) is 0 Å². The van der Waals surface area contributed by atoms with Crippen LogP contribution in [0, 0.1) is 5.41 Å². The number of benzene rings is 1. The number of halogens is 1. The van der Waals surface area contributed by atoms with E-state index in [-0.39, 0.29) is 11.8 Å². The van der Waals surface area contributed by atoms with Gasteiger partial charge in [-0.2, -0.15) is 0 Å². The number of rotatable bonds is 5. The van der Waals surface area contributed by atoms with Gasteiger partial charge in [0.2, 0.25) is 5.91 Å². The Hall–Kier alpha value is -1.55. The summed E-state index contributed by atoms with van der Waals surface area (Å²) < 4.78 is 4.90. The Morgan fingerprint density at radius 3 is 2.63 bits per heavy atom. The highest BCUT2D eigenvalue weighted by Crippen LogP contribution is 2.20. The van der Waals surface area contributed by atoms with Crippen LogP contribution in [0.1, 0.15) is 31.1 Å². The lowest BCUT2D eigenvalue weighted by Gasteiger charge is -2.20. The molecule has 0 radical (unpaired) electrons. The summed E-state index contributed by atoms with van der Waals surface area (Å²) in [7, 11) is 0. The topological polar surface area (TPSA) is 55.4 Å². The molecule has 0 spiro atoms. The maximum absolute atomic E-state index is 12.0. The largest absolute Gasteiger partial charge is 0.462 e. The van der Waals surface area contributed by atoms with Crippen molar-refractivity contribution in [3.05, 3.63) is 29.8 Å². The number of carbonyl (C=O) groups excluding carboxylic acids is 2. The van der Waals surface area contributed by atoms with Crippen LogP contribution in [0.3, 0.4) is 0 Å². The molecule has 0 heterocycles. The third kappa shape index (κ3) is 4.24. The monoisotopic (exact) mass is 283 g/mol. The number of hydrogen-bond acceptors (Lipinski definition) is 3. The van der Waals surface area contributed by atoms with Crippen molar-refractivity contribution in [2.75, 3.05) is 17.8 Å². The summed E-state index contributed by atoms with van der Waals surface area (Å²) in [6.07, 6.45) is 0. The second-order valence-corrected chi connectivity index (χ2v) is 5.04. The maximum atomic E-state index is 12.0. The fourth-order valence-corrected chi connectivity index (χ4v) is 1.42. The SMILES string of the molecule is CCOC(=O)c1cccc(NC(=O)C(C)(C)CCl)c1. The molecular formula is C14H18ClNO3. The van der Waals surface area contributed by atoms with E-state index in [0.29, 0.717) is 17.9 Å². The van der Waals surface area contributed by atoms with E-state index in [2.05, 4.69) is 5.32 Å². The molecule has 4 nitrogen and oxygen atoms in total. The van der Waals surface area contributed by atoms with E-state index in [0.717, 1.165) is 0 Å². The van der Waals surface area contributed by atoms with Crippen LogP contribution in [0.25, 0.3) is 0 Å². The molecule has 0 aliphatic heterocycles. The Labute approximate surface area is 118 Å². The molecule has 0 aromatic heterocycles. The predicted octanol–water partition coefficient (Wildman–Crippen LogP) is 3.07. The second kappa shape index (κ2) is 6.57. The van der Waals surface area contributed by atoms with Gasteiger partial charge in [0.15, 0.2) is 0 Å². The van der Waals surface area contributed by atoms with Crippen LogP contribution >= 0.6 is 11.6 Å². The second-order valence-electron chi connectivity index (χ2n) is 4.77. The Kier molecular flexibility index (Phi) is 5.36. The first-order valence-electron chi connectivity index (χ1n) is 6.05. The number of nitrogens with one attached hydrogen (secondary N) is 1. The van der Waals surface area contributed by atoms with Crippen molar-refractivity contribution in [1.29, 1.82) is 0 Å². The average Bonchev–Trinajstić information content (AvgIpc) is 2.39. The van der Waals surface area contributed by atoms with Crippen molar-refractivity contribution in [2.24, 2.45) is 5.41 Å². The van der Waals surface area contributed by atoms with E-state index in [9.17, 15) is 9.59 Å². The zero-order valence-corrected chi connectivity index (χ0v) is 12.1. The molecule has 0 atom stereocenters. The first-order valence-corrected chi connectivity index (χ1v) is 6.58. The highest BCUT2D eigenvalue weighted by molar-refractivity contribution is 6.20. The normalized spacial score (nSPS) is 10.9. The molecule has 0 saturated carbocycles. The molecule has 0 unspecified atom stereocenters. The third-order valence-corrected chi connectivity index (χ3v) is 3.25. The molecule has 1 aromatic rings. The zero-order chi connectivity index (χ0) is 14.5. The Morgan fingerprint density at radius 1 is 1.37 bits per heavy atom. The lowest BCUT2D eigenvalue weighted by Crippen LogP contribution is -2.32. The maximum Gasteiger partial charge on any atom is 0.338 e. The minimum Gasteiger partial charge on any atom is -0.462 e. The summed E-state index contributed by atoms with van der Waals surface area (Å²) in [6.45, 7) is 5.57. The van der Waals surface area contributed by atoms with Crippen LogP contribution in [0.2, 0.25) is 0 Å². The molecule has 1 amide bonds. The van der Waals surface area contributed by atoms with E-state index < -0.39 is 11.4 Å². The molecule has 1 aromatic carbocycles. The lowest BCUT2D eigenvalue weighted by atomic mass is 9.95. The molecule has 0 saturated heterocycles. The number of carbonyl (C=O) groups is 2. The van der Waals surface area contributed by atoms with Gasteiger partial charge in [0.05, 0.1) is 17.6 Å². The number of amides is 1. The van der Waals surface area contributed by atoms with Crippen molar-refractivity contribution in [2.45, 2.75) is 20.8 Å². The molecule has 0 aliphatic rings. The van der Waals surface area contributed by atoms with Gasteiger partial charge in [-0.05, 0) is 39.0 Å². The predicted molar refractivity (Wildman–Crippen MR) is 75.5 cm³/mol. The highest BCUT2D eigenvalue weighted by atomic mass is 35.5. The van der Waals surface area contributed by atoms with Crippen LogP contribution in [0.15, 0.2) is 24.3 Å². The fraction of sp³-hybridized carbons (Fsp3) is 0.429. The Bertz CT molecular complexity index is 472. The Morgan fingerprint density at radius 2 is 2.05 bits per heavy atom. The van der Waals surface area contributed by atoms with Crippen LogP contribution in [-0.4, -0.2) is 24.4 Å². The van der Waals surface area contributed by atoms with Crippen molar-refractivity contribution >= 4 is 29.2 Å². The Balaban J connectivity index is 2.83. The summed E-state index contributed by atoms with van der Waals surface area (Å²) in [5, 5.41) is 2.74. The van der Waals surface area contributed by atoms with Crippen LogP contribution in [-0.2, 0) is 9.53 Å². The number of ether oxygens (including phenoxy) is 1. The van der Waals surface area contributed by atoms with Gasteiger partial charge in [0, 0.05) is 11.6 Å². The summed E-state index contributed by atoms with van der Waals surface area (Å²) in [5.74, 6) is -0.380. The van der Waals surface area contributed by atoms with E-state index >= 15 is 0 Å². The van der Waals surface area contributed by atoms with Gasteiger partial charge in [-0.1, -0.05) is 6.07 Å². The van der Waals surface area contributed by atoms with Gasteiger partial charge in [0.1, 0.15) is 0 Å². The van der Waals surface area contributed by atoms with Crippen LogP contribution in [0.5, 0.6) is 0 Å². The van der Waals surface area contributed by atoms with Gasteiger partial charge in [-0.3, -0.25) is 4.79 Å². The van der Waals surface area contributed by atoms with Crippen LogP contribution < -0.4 is 5.32 Å². The first-order chi connectivity index (χ1) is 8.90. The summed E-state index contributed by atoms with van der Waals surface area (Å²) in [5.41, 5.74) is 0.290. The van der Waals surface area contributed by atoms with Gasteiger partial charge < -0.3 is 10.1 Å². The molecule has 0 bridgehead atoms. The molecule has 1 N–H and O–H groups in total. The van der Waals surface area contributed by atoms with E-state index in [1.807, 2.05) is 0 Å². The number of hydrogen-bond donors (Lipinski definition) is 1. The molecule has 1 rings (SSSR count). The van der Waals surface area contributed by atoms with E-state index in [4.69, 9.17) is 16.3 Å². The fourth-order valence-electron chi connectivity index (χ4n) is 1.30. The average molecular weight is 284 g/mol. The van der Waals surface area contributed by atoms with Crippen molar-refractivity contribution in [3.8, 4) is 0 Å². The molecule has 0 fully saturated rings. The van der Waals surface area contributed by atoms with E-state index in [1.165, 1.54) is 0 Å². The zero-order valence-electron chi connectivity index (χ0n) is 11.3. The number of esters is 1. The smallest absolute Gasteiger partial charge is 0.338 e. The lowest BCUT2D eigenvalue weighted by molar-refractivity contribution is -0.122. The van der Waals surface area contributed by atoms with Gasteiger partial charge >= 0.3 is 5.97 Å². The molecule has 19 heavy (non-hydrogen) atoms. The van der Waals surface area contributed by atoms with Gasteiger partial charge in [-0.15, -0.1) is 11.6 Å². The highest BCUT2D eigenvalue weighted by Gasteiger charge is 2.26. The number of alkyl halides is 1. The minimum absolute atomic E-state index is 0.191. The van der Waals surface area contributed by atoms with Gasteiger partial charge in [0.25, 0.3) is 0 Å². The van der Waals surface area contributed by atoms with Gasteiger partial charge in [-0.25, -0.2) is 4.79 Å². The van der Waals surface area contributed by atoms with Crippen molar-refractivity contribution < 1.29 is 14.3 Å². The van der Waals surface area contributed by atoms with Crippen molar-refractivity contribution in [1.82, 2.24) is 0 Å². The van der Waals surface area contributed by atoms with E-state index in [1.54, 1.807) is 45.0 Å². The molecule has 5 heteroatoms. The van der Waals surface area contributed by atoms with Crippen LogP contribution in [0.4, 0.5) is 5.69 Å². The summed E-state index contributed by atoms with van der Waals surface area (Å²) >= 11 is 5.74.